The lowest BCUT2D eigenvalue weighted by atomic mass is 9.67. The predicted molar refractivity (Wildman–Crippen MR) is 115 cm³/mol. The summed E-state index contributed by atoms with van der Waals surface area (Å²) in [6.45, 7) is 6.71. The van der Waals surface area contributed by atoms with Gasteiger partial charge < -0.3 is 25.2 Å². The lowest BCUT2D eigenvalue weighted by Gasteiger charge is -2.42. The normalized spacial score (nSPS) is 20.0. The molecule has 0 atom stereocenters. The van der Waals surface area contributed by atoms with Crippen LogP contribution in [0.5, 0.6) is 0 Å². The Bertz CT molecular complexity index is 638. The van der Waals surface area contributed by atoms with E-state index in [9.17, 15) is 0 Å². The molecule has 7 nitrogen and oxygen atoms in total. The van der Waals surface area contributed by atoms with Crippen molar-refractivity contribution in [1.82, 2.24) is 20.5 Å². The van der Waals surface area contributed by atoms with E-state index in [-0.39, 0.29) is 0 Å². The maximum absolute atomic E-state index is 5.30. The third-order valence-electron chi connectivity index (χ3n) is 6.22. The van der Waals surface area contributed by atoms with Gasteiger partial charge in [0.2, 0.25) is 0 Å². The summed E-state index contributed by atoms with van der Waals surface area (Å²) < 4.78 is 5.30. The summed E-state index contributed by atoms with van der Waals surface area (Å²) in [7, 11) is 5.80. The first-order chi connectivity index (χ1) is 13.7. The topological polar surface area (TPSA) is 65.0 Å². The maximum Gasteiger partial charge on any atom is 0.191 e. The Balaban J connectivity index is 1.54. The second-order valence-corrected chi connectivity index (χ2v) is 8.15. The summed E-state index contributed by atoms with van der Waals surface area (Å²) in [5.41, 5.74) is 1.58. The van der Waals surface area contributed by atoms with Crippen molar-refractivity contribution in [3.8, 4) is 0 Å². The predicted octanol–water partition coefficient (Wildman–Crippen LogP) is 1.71. The lowest BCUT2D eigenvalue weighted by molar-refractivity contribution is 0.0732. The summed E-state index contributed by atoms with van der Waals surface area (Å²) in [6, 6.07) is 4.17. The summed E-state index contributed by atoms with van der Waals surface area (Å²) in [6.07, 6.45) is 6.87. The molecule has 1 aliphatic heterocycles. The first kappa shape index (κ1) is 20.9. The van der Waals surface area contributed by atoms with Gasteiger partial charge in [0.15, 0.2) is 5.96 Å². The highest BCUT2D eigenvalue weighted by Crippen LogP contribution is 2.43. The highest BCUT2D eigenvalue weighted by atomic mass is 16.5. The minimum Gasteiger partial charge on any atom is -0.385 e. The van der Waals surface area contributed by atoms with Gasteiger partial charge in [-0.05, 0) is 37.8 Å². The van der Waals surface area contributed by atoms with E-state index >= 15 is 0 Å². The number of likely N-dealkylation sites (N-methyl/N-ethyl adjacent to an activating group) is 1. The van der Waals surface area contributed by atoms with Gasteiger partial charge in [0.1, 0.15) is 5.82 Å². The fourth-order valence-electron chi connectivity index (χ4n) is 4.05. The molecule has 0 radical (unpaired) electrons. The monoisotopic (exact) mass is 388 g/mol. The number of hydrogen-bond acceptors (Lipinski definition) is 5. The molecule has 7 heteroatoms. The van der Waals surface area contributed by atoms with E-state index in [4.69, 9.17) is 4.74 Å². The molecule has 0 bridgehead atoms. The number of piperazine rings is 1. The zero-order valence-corrected chi connectivity index (χ0v) is 17.7. The fourth-order valence-corrected chi connectivity index (χ4v) is 4.05. The SMILES string of the molecule is CN=C(NCc1cccnc1N1CCN(C)CC1)NCC1(CCOC)CCC1. The molecule has 1 aromatic heterocycles. The fraction of sp³-hybridized carbons (Fsp3) is 0.714. The van der Waals surface area contributed by atoms with Gasteiger partial charge in [-0.3, -0.25) is 4.99 Å². The lowest BCUT2D eigenvalue weighted by Crippen LogP contribution is -2.47. The number of nitrogens with zero attached hydrogens (tertiary/aromatic N) is 4. The number of guanidine groups is 1. The summed E-state index contributed by atoms with van der Waals surface area (Å²) >= 11 is 0. The number of hydrogen-bond donors (Lipinski definition) is 2. The highest BCUT2D eigenvalue weighted by molar-refractivity contribution is 5.79. The van der Waals surface area contributed by atoms with Crippen LogP contribution in [0.15, 0.2) is 23.3 Å². The third kappa shape index (κ3) is 5.35. The minimum absolute atomic E-state index is 0.368. The molecule has 156 valence electrons. The smallest absolute Gasteiger partial charge is 0.191 e. The first-order valence-corrected chi connectivity index (χ1v) is 10.5. The van der Waals surface area contributed by atoms with Gasteiger partial charge in [0.05, 0.1) is 0 Å². The van der Waals surface area contributed by atoms with E-state index in [1.54, 1.807) is 7.11 Å². The zero-order chi connectivity index (χ0) is 19.8. The van der Waals surface area contributed by atoms with Gasteiger partial charge in [-0.15, -0.1) is 0 Å². The van der Waals surface area contributed by atoms with Crippen LogP contribution in [0.1, 0.15) is 31.2 Å². The zero-order valence-electron chi connectivity index (χ0n) is 17.7. The molecule has 2 N–H and O–H groups in total. The van der Waals surface area contributed by atoms with Crippen LogP contribution in [0, 0.1) is 5.41 Å². The van der Waals surface area contributed by atoms with Crippen LogP contribution in [0.2, 0.25) is 0 Å². The van der Waals surface area contributed by atoms with Crippen LogP contribution < -0.4 is 15.5 Å². The number of nitrogens with one attached hydrogen (secondary N) is 2. The van der Waals surface area contributed by atoms with Crippen LogP contribution in [0.4, 0.5) is 5.82 Å². The first-order valence-electron chi connectivity index (χ1n) is 10.5. The highest BCUT2D eigenvalue weighted by Gasteiger charge is 2.36. The van der Waals surface area contributed by atoms with Crippen molar-refractivity contribution < 1.29 is 4.74 Å². The summed E-state index contributed by atoms with van der Waals surface area (Å²) in [5, 5.41) is 7.02. The van der Waals surface area contributed by atoms with E-state index < -0.39 is 0 Å². The quantitative estimate of drug-likeness (QED) is 0.522. The number of ether oxygens (including phenoxy) is 1. The molecule has 28 heavy (non-hydrogen) atoms. The number of methoxy groups -OCH3 is 1. The average Bonchev–Trinajstić information content (AvgIpc) is 2.70. The summed E-state index contributed by atoms with van der Waals surface area (Å²) in [4.78, 5) is 13.8. The van der Waals surface area contributed by atoms with Crippen LogP contribution >= 0.6 is 0 Å². The molecule has 0 unspecified atom stereocenters. The number of rotatable bonds is 8. The van der Waals surface area contributed by atoms with Gasteiger partial charge in [0.25, 0.3) is 0 Å². The number of anilines is 1. The molecule has 1 aliphatic carbocycles. The standard InChI is InChI=1S/C21H36N6O/c1-22-20(25-17-21(7-5-8-21)9-15-28-3)24-16-18-6-4-10-23-19(18)27-13-11-26(2)12-14-27/h4,6,10H,5,7-9,11-17H2,1-3H3,(H2,22,24,25). The minimum atomic E-state index is 0.368. The number of pyridine rings is 1. The molecule has 1 saturated heterocycles. The molecule has 2 aliphatic rings. The Morgan fingerprint density at radius 1 is 1.25 bits per heavy atom. The molecule has 1 saturated carbocycles. The van der Waals surface area contributed by atoms with Crippen molar-refractivity contribution in [3.63, 3.8) is 0 Å². The van der Waals surface area contributed by atoms with Crippen molar-refractivity contribution in [3.05, 3.63) is 23.9 Å². The summed E-state index contributed by atoms with van der Waals surface area (Å²) in [5.74, 6) is 1.95. The van der Waals surface area contributed by atoms with Crippen molar-refractivity contribution in [1.29, 1.82) is 0 Å². The van der Waals surface area contributed by atoms with Gasteiger partial charge in [-0.25, -0.2) is 4.98 Å². The average molecular weight is 389 g/mol. The van der Waals surface area contributed by atoms with Gasteiger partial charge in [-0.2, -0.15) is 0 Å². The Morgan fingerprint density at radius 2 is 2.04 bits per heavy atom. The Kier molecular flexibility index (Phi) is 7.50. The molecule has 1 aromatic rings. The third-order valence-corrected chi connectivity index (χ3v) is 6.22. The van der Waals surface area contributed by atoms with Crippen molar-refractivity contribution in [2.75, 3.05) is 65.4 Å². The maximum atomic E-state index is 5.30. The second kappa shape index (κ2) is 10.1. The van der Waals surface area contributed by atoms with Crippen molar-refractivity contribution in [2.45, 2.75) is 32.2 Å². The van der Waals surface area contributed by atoms with Crippen LogP contribution in [0.25, 0.3) is 0 Å². The van der Waals surface area contributed by atoms with Crippen molar-refractivity contribution >= 4 is 11.8 Å². The van der Waals surface area contributed by atoms with E-state index in [0.717, 1.165) is 64.1 Å². The van der Waals surface area contributed by atoms with Gasteiger partial charge >= 0.3 is 0 Å². The molecular formula is C21H36N6O. The van der Waals surface area contributed by atoms with E-state index in [0.29, 0.717) is 5.41 Å². The molecule has 0 aromatic carbocycles. The van der Waals surface area contributed by atoms with E-state index in [1.165, 1.54) is 24.8 Å². The Labute approximate surface area is 169 Å². The molecule has 2 fully saturated rings. The van der Waals surface area contributed by atoms with Crippen molar-refractivity contribution in [2.24, 2.45) is 10.4 Å². The van der Waals surface area contributed by atoms with Gasteiger partial charge in [-0.1, -0.05) is 12.5 Å². The Morgan fingerprint density at radius 3 is 2.68 bits per heavy atom. The molecule has 2 heterocycles. The molecule has 0 amide bonds. The molecular weight excluding hydrogens is 352 g/mol. The van der Waals surface area contributed by atoms with Crippen LogP contribution in [-0.4, -0.2) is 76.4 Å². The van der Waals surface area contributed by atoms with Gasteiger partial charge in [0, 0.05) is 71.8 Å². The number of aromatic nitrogens is 1. The number of aliphatic imine (C=N–C) groups is 1. The Hall–Kier alpha value is -1.86. The molecule has 0 spiro atoms. The molecule has 3 rings (SSSR count). The van der Waals surface area contributed by atoms with Crippen LogP contribution in [0.3, 0.4) is 0 Å². The van der Waals surface area contributed by atoms with Crippen LogP contribution in [-0.2, 0) is 11.3 Å². The van der Waals surface area contributed by atoms with E-state index in [1.807, 2.05) is 19.3 Å². The second-order valence-electron chi connectivity index (χ2n) is 8.15. The largest absolute Gasteiger partial charge is 0.385 e. The van der Waals surface area contributed by atoms with E-state index in [2.05, 4.69) is 43.5 Å².